The van der Waals surface area contributed by atoms with Crippen molar-refractivity contribution in [1.29, 1.82) is 0 Å². The highest BCUT2D eigenvalue weighted by Gasteiger charge is 2.27. The molecule has 0 fully saturated rings. The highest BCUT2D eigenvalue weighted by Crippen LogP contribution is 2.35. The molecule has 6 heteroatoms. The topological polar surface area (TPSA) is 48.1 Å². The average Bonchev–Trinajstić information content (AvgIpc) is 2.96. The molecule has 2 rings (SSSR count). The number of alkyl halides is 2. The summed E-state index contributed by atoms with van der Waals surface area (Å²) in [5, 5.41) is 2.64. The molecule has 21 heavy (non-hydrogen) atoms. The van der Waals surface area contributed by atoms with Crippen LogP contribution in [0.25, 0.3) is 11.3 Å². The third-order valence-electron chi connectivity index (χ3n) is 3.57. The lowest BCUT2D eigenvalue weighted by Crippen LogP contribution is -2.34. The SMILES string of the molecule is CCC(N)(CC)c1nc(-c2ccccc2OC(F)F)cs1. The quantitative estimate of drug-likeness (QED) is 0.861. The minimum absolute atomic E-state index is 0.125. The highest BCUT2D eigenvalue weighted by atomic mass is 32.1. The Hall–Kier alpha value is -1.53. The van der Waals surface area contributed by atoms with Crippen LogP contribution in [0.3, 0.4) is 0 Å². The van der Waals surface area contributed by atoms with Gasteiger partial charge in [-0.2, -0.15) is 8.78 Å². The molecule has 0 aliphatic rings. The number of nitrogens with two attached hydrogens (primary N) is 1. The lowest BCUT2D eigenvalue weighted by atomic mass is 9.95. The Balaban J connectivity index is 2.38. The fourth-order valence-corrected chi connectivity index (χ4v) is 3.13. The van der Waals surface area contributed by atoms with Gasteiger partial charge in [0.2, 0.25) is 0 Å². The number of benzene rings is 1. The van der Waals surface area contributed by atoms with Gasteiger partial charge in [0.1, 0.15) is 10.8 Å². The predicted molar refractivity (Wildman–Crippen MR) is 80.6 cm³/mol. The first-order valence-corrected chi connectivity index (χ1v) is 7.67. The van der Waals surface area contributed by atoms with Crippen LogP contribution in [0.4, 0.5) is 8.78 Å². The fourth-order valence-electron chi connectivity index (χ4n) is 2.06. The molecule has 0 unspecified atom stereocenters. The van der Waals surface area contributed by atoms with Crippen molar-refractivity contribution in [3.63, 3.8) is 0 Å². The Kier molecular flexibility index (Phi) is 4.90. The van der Waals surface area contributed by atoms with Crippen LogP contribution in [0.2, 0.25) is 0 Å². The Morgan fingerprint density at radius 3 is 2.57 bits per heavy atom. The Bertz CT molecular complexity index is 597. The van der Waals surface area contributed by atoms with E-state index < -0.39 is 12.2 Å². The Morgan fingerprint density at radius 1 is 1.29 bits per heavy atom. The van der Waals surface area contributed by atoms with Crippen LogP contribution in [-0.4, -0.2) is 11.6 Å². The summed E-state index contributed by atoms with van der Waals surface area (Å²) in [4.78, 5) is 4.53. The van der Waals surface area contributed by atoms with E-state index in [-0.39, 0.29) is 5.75 Å². The normalized spacial score (nSPS) is 11.9. The maximum absolute atomic E-state index is 12.5. The molecule has 1 aromatic carbocycles. The van der Waals surface area contributed by atoms with E-state index in [1.165, 1.54) is 17.4 Å². The summed E-state index contributed by atoms with van der Waals surface area (Å²) in [6, 6.07) is 6.64. The standard InChI is InChI=1S/C15H18F2N2OS/c1-3-15(18,4-2)13-19-11(9-21-13)10-7-5-6-8-12(10)20-14(16)17/h5-9,14H,3-4,18H2,1-2H3. The summed E-state index contributed by atoms with van der Waals surface area (Å²) in [6.45, 7) is 1.17. The smallest absolute Gasteiger partial charge is 0.387 e. The molecule has 0 radical (unpaired) electrons. The van der Waals surface area contributed by atoms with Gasteiger partial charge in [-0.1, -0.05) is 26.0 Å². The number of hydrogen-bond acceptors (Lipinski definition) is 4. The van der Waals surface area contributed by atoms with E-state index in [0.717, 1.165) is 17.8 Å². The van der Waals surface area contributed by atoms with E-state index in [2.05, 4.69) is 9.72 Å². The van der Waals surface area contributed by atoms with Gasteiger partial charge < -0.3 is 10.5 Å². The monoisotopic (exact) mass is 312 g/mol. The van der Waals surface area contributed by atoms with Crippen LogP contribution in [0.1, 0.15) is 31.7 Å². The molecule has 2 aromatic rings. The van der Waals surface area contributed by atoms with Crippen molar-refractivity contribution in [2.45, 2.75) is 38.8 Å². The van der Waals surface area contributed by atoms with E-state index in [4.69, 9.17) is 5.73 Å². The largest absolute Gasteiger partial charge is 0.434 e. The summed E-state index contributed by atoms with van der Waals surface area (Å²) in [5.74, 6) is 0.125. The predicted octanol–water partition coefficient (Wildman–Crippen LogP) is 4.39. The van der Waals surface area contributed by atoms with Crippen LogP contribution in [0, 0.1) is 0 Å². The van der Waals surface area contributed by atoms with Crippen molar-refractivity contribution >= 4 is 11.3 Å². The number of para-hydroxylation sites is 1. The van der Waals surface area contributed by atoms with Crippen molar-refractivity contribution in [2.75, 3.05) is 0 Å². The first kappa shape index (κ1) is 15.9. The summed E-state index contributed by atoms with van der Waals surface area (Å²) in [7, 11) is 0. The highest BCUT2D eigenvalue weighted by molar-refractivity contribution is 7.10. The van der Waals surface area contributed by atoms with Gasteiger partial charge in [0.25, 0.3) is 0 Å². The molecule has 0 bridgehead atoms. The molecule has 1 heterocycles. The molecule has 0 aliphatic heterocycles. The fraction of sp³-hybridized carbons (Fsp3) is 0.400. The van der Waals surface area contributed by atoms with Gasteiger partial charge in [0, 0.05) is 10.9 Å². The molecule has 2 N–H and O–H groups in total. The second-order valence-electron chi connectivity index (χ2n) is 4.78. The number of halogens is 2. The lowest BCUT2D eigenvalue weighted by molar-refractivity contribution is -0.0494. The van der Waals surface area contributed by atoms with Gasteiger partial charge in [-0.15, -0.1) is 11.3 Å². The zero-order chi connectivity index (χ0) is 15.5. The second kappa shape index (κ2) is 6.49. The molecule has 3 nitrogen and oxygen atoms in total. The van der Waals surface area contributed by atoms with Gasteiger partial charge in [-0.25, -0.2) is 4.98 Å². The summed E-state index contributed by atoms with van der Waals surface area (Å²) >= 11 is 1.45. The van der Waals surface area contributed by atoms with Crippen molar-refractivity contribution in [3.05, 3.63) is 34.7 Å². The molecule has 0 aliphatic carbocycles. The number of nitrogens with zero attached hydrogens (tertiary/aromatic N) is 1. The zero-order valence-corrected chi connectivity index (χ0v) is 12.8. The van der Waals surface area contributed by atoms with E-state index in [9.17, 15) is 8.78 Å². The summed E-state index contributed by atoms with van der Waals surface area (Å²) in [6.07, 6.45) is 1.54. The lowest BCUT2D eigenvalue weighted by Gasteiger charge is -2.23. The van der Waals surface area contributed by atoms with E-state index in [1.807, 2.05) is 19.2 Å². The van der Waals surface area contributed by atoms with Crippen LogP contribution >= 0.6 is 11.3 Å². The Labute approximate surface area is 126 Å². The van der Waals surface area contributed by atoms with Gasteiger partial charge in [0.05, 0.1) is 11.2 Å². The van der Waals surface area contributed by atoms with Crippen molar-refractivity contribution < 1.29 is 13.5 Å². The van der Waals surface area contributed by atoms with Crippen molar-refractivity contribution in [1.82, 2.24) is 4.98 Å². The molecule has 0 atom stereocenters. The van der Waals surface area contributed by atoms with Gasteiger partial charge >= 0.3 is 6.61 Å². The molecule has 114 valence electrons. The third kappa shape index (κ3) is 3.39. The average molecular weight is 312 g/mol. The van der Waals surface area contributed by atoms with E-state index >= 15 is 0 Å². The number of hydrogen-bond donors (Lipinski definition) is 1. The zero-order valence-electron chi connectivity index (χ0n) is 12.0. The second-order valence-corrected chi connectivity index (χ2v) is 5.63. The van der Waals surface area contributed by atoms with Crippen molar-refractivity contribution in [3.8, 4) is 17.0 Å². The molecular formula is C15H18F2N2OS. The number of ether oxygens (including phenoxy) is 1. The van der Waals surface area contributed by atoms with Crippen molar-refractivity contribution in [2.24, 2.45) is 5.73 Å². The minimum atomic E-state index is -2.86. The van der Waals surface area contributed by atoms with Crippen LogP contribution in [0.15, 0.2) is 29.6 Å². The van der Waals surface area contributed by atoms with E-state index in [0.29, 0.717) is 11.3 Å². The van der Waals surface area contributed by atoms with Crippen LogP contribution < -0.4 is 10.5 Å². The van der Waals surface area contributed by atoms with Gasteiger partial charge in [-0.05, 0) is 25.0 Å². The maximum atomic E-state index is 12.5. The number of aromatic nitrogens is 1. The molecule has 0 amide bonds. The van der Waals surface area contributed by atoms with Crippen LogP contribution in [-0.2, 0) is 5.54 Å². The summed E-state index contributed by atoms with van der Waals surface area (Å²) in [5.41, 5.74) is 7.02. The first-order chi connectivity index (χ1) is 10.00. The van der Waals surface area contributed by atoms with Gasteiger partial charge in [0.15, 0.2) is 0 Å². The first-order valence-electron chi connectivity index (χ1n) is 6.79. The summed E-state index contributed by atoms with van der Waals surface area (Å²) < 4.78 is 29.5. The number of rotatable bonds is 6. The molecule has 0 spiro atoms. The third-order valence-corrected chi connectivity index (χ3v) is 4.63. The van der Waals surface area contributed by atoms with E-state index in [1.54, 1.807) is 18.2 Å². The Morgan fingerprint density at radius 2 is 1.95 bits per heavy atom. The number of thiazole rings is 1. The maximum Gasteiger partial charge on any atom is 0.387 e. The van der Waals surface area contributed by atoms with Gasteiger partial charge in [-0.3, -0.25) is 0 Å². The molecular weight excluding hydrogens is 294 g/mol. The minimum Gasteiger partial charge on any atom is -0.434 e. The van der Waals surface area contributed by atoms with Crippen LogP contribution in [0.5, 0.6) is 5.75 Å². The molecule has 1 aromatic heterocycles. The molecule has 0 saturated carbocycles. The molecule has 0 saturated heterocycles.